The van der Waals surface area contributed by atoms with E-state index in [1.165, 1.54) is 23.8 Å². The zero-order valence-corrected chi connectivity index (χ0v) is 16.3. The Labute approximate surface area is 163 Å². The van der Waals surface area contributed by atoms with Gasteiger partial charge in [-0.2, -0.15) is 0 Å². The van der Waals surface area contributed by atoms with Gasteiger partial charge in [0.1, 0.15) is 11.2 Å². The third-order valence-electron chi connectivity index (χ3n) is 4.68. The molecule has 0 spiro atoms. The maximum Gasteiger partial charge on any atom is 0.254 e. The van der Waals surface area contributed by atoms with E-state index >= 15 is 0 Å². The van der Waals surface area contributed by atoms with Gasteiger partial charge in [0.15, 0.2) is 0 Å². The number of nitrogens with zero attached hydrogens (tertiary/aromatic N) is 2. The van der Waals surface area contributed by atoms with Crippen molar-refractivity contribution in [3.8, 4) is 0 Å². The fourth-order valence-electron chi connectivity index (χ4n) is 3.14. The summed E-state index contributed by atoms with van der Waals surface area (Å²) in [7, 11) is 0. The van der Waals surface area contributed by atoms with Crippen LogP contribution in [0.4, 0.5) is 4.39 Å². The maximum atomic E-state index is 13.4. The smallest absolute Gasteiger partial charge is 0.254 e. The summed E-state index contributed by atoms with van der Waals surface area (Å²) in [6, 6.07) is 13.9. The summed E-state index contributed by atoms with van der Waals surface area (Å²) in [5.41, 5.74) is 2.60. The van der Waals surface area contributed by atoms with Crippen molar-refractivity contribution in [2.24, 2.45) is 0 Å². The van der Waals surface area contributed by atoms with Crippen LogP contribution in [0.15, 0.2) is 48.5 Å². The molecule has 1 heterocycles. The number of amides is 2. The Morgan fingerprint density at radius 2 is 2.00 bits per heavy atom. The molecule has 0 saturated carbocycles. The summed E-state index contributed by atoms with van der Waals surface area (Å²) in [6.07, 6.45) is 0. The normalized spacial score (nSPS) is 16.6. The van der Waals surface area contributed by atoms with Crippen LogP contribution in [0.2, 0.25) is 0 Å². The number of likely N-dealkylation sites (N-methyl/N-ethyl adjacent to an activating group) is 1. The molecule has 6 heteroatoms. The molecule has 1 aliphatic heterocycles. The van der Waals surface area contributed by atoms with Gasteiger partial charge < -0.3 is 9.80 Å². The summed E-state index contributed by atoms with van der Waals surface area (Å²) in [4.78, 5) is 28.5. The fourth-order valence-corrected chi connectivity index (χ4v) is 4.36. The van der Waals surface area contributed by atoms with Gasteiger partial charge in [0, 0.05) is 25.2 Å². The van der Waals surface area contributed by atoms with Gasteiger partial charge in [0.05, 0.1) is 5.75 Å². The highest BCUT2D eigenvalue weighted by molar-refractivity contribution is 8.00. The Balaban J connectivity index is 1.69. The lowest BCUT2D eigenvalue weighted by Crippen LogP contribution is -2.40. The second-order valence-corrected chi connectivity index (χ2v) is 7.62. The zero-order chi connectivity index (χ0) is 19.4. The van der Waals surface area contributed by atoms with E-state index in [0.717, 1.165) is 5.56 Å². The number of benzene rings is 2. The SMILES string of the molecule is CCN(CCN1C(=O)CS[C@H]1c1ccc(C)cc1)C(=O)c1cccc(F)c1. The second-order valence-electron chi connectivity index (χ2n) is 6.56. The van der Waals surface area contributed by atoms with Crippen LogP contribution >= 0.6 is 11.8 Å². The Kier molecular flexibility index (Phi) is 6.16. The standard InChI is InChI=1S/C21H23FN2O2S/c1-3-23(20(26)17-5-4-6-18(22)13-17)11-12-24-19(25)14-27-21(24)16-9-7-15(2)8-10-16/h4-10,13,21H,3,11-12,14H2,1-2H3/t21-/m0/s1. The van der Waals surface area contributed by atoms with Gasteiger partial charge in [-0.15, -0.1) is 11.8 Å². The topological polar surface area (TPSA) is 40.6 Å². The quantitative estimate of drug-likeness (QED) is 0.757. The first-order chi connectivity index (χ1) is 13.0. The molecule has 0 unspecified atom stereocenters. The van der Waals surface area contributed by atoms with Crippen molar-refractivity contribution < 1.29 is 14.0 Å². The molecule has 1 saturated heterocycles. The van der Waals surface area contributed by atoms with Crippen LogP contribution < -0.4 is 0 Å². The molecule has 1 aliphatic rings. The number of carbonyl (C=O) groups is 2. The highest BCUT2D eigenvalue weighted by Crippen LogP contribution is 2.38. The Hall–Kier alpha value is -2.34. The van der Waals surface area contributed by atoms with Crippen LogP contribution in [-0.2, 0) is 4.79 Å². The van der Waals surface area contributed by atoms with Crippen LogP contribution in [0.3, 0.4) is 0 Å². The molecule has 27 heavy (non-hydrogen) atoms. The molecule has 3 rings (SSSR count). The van der Waals surface area contributed by atoms with Crippen LogP contribution in [0.5, 0.6) is 0 Å². The summed E-state index contributed by atoms with van der Waals surface area (Å²) < 4.78 is 13.4. The molecule has 2 amide bonds. The lowest BCUT2D eigenvalue weighted by molar-refractivity contribution is -0.128. The minimum Gasteiger partial charge on any atom is -0.337 e. The average Bonchev–Trinajstić information content (AvgIpc) is 3.03. The first kappa shape index (κ1) is 19.4. The summed E-state index contributed by atoms with van der Waals surface area (Å²) in [6.45, 7) is 5.29. The highest BCUT2D eigenvalue weighted by Gasteiger charge is 2.33. The van der Waals surface area contributed by atoms with Crippen LogP contribution in [0, 0.1) is 12.7 Å². The Bertz CT molecular complexity index is 825. The molecular formula is C21H23FN2O2S. The number of aryl methyl sites for hydroxylation is 1. The zero-order valence-electron chi connectivity index (χ0n) is 15.5. The molecule has 2 aromatic rings. The molecule has 4 nitrogen and oxygen atoms in total. The third-order valence-corrected chi connectivity index (χ3v) is 5.94. The van der Waals surface area contributed by atoms with Crippen molar-refractivity contribution >= 4 is 23.6 Å². The van der Waals surface area contributed by atoms with E-state index in [0.29, 0.717) is 31.0 Å². The lowest BCUT2D eigenvalue weighted by Gasteiger charge is -2.28. The molecule has 1 atom stereocenters. The van der Waals surface area contributed by atoms with Crippen molar-refractivity contribution in [3.05, 3.63) is 71.0 Å². The molecule has 0 radical (unpaired) electrons. The first-order valence-electron chi connectivity index (χ1n) is 9.02. The Morgan fingerprint density at radius 3 is 2.67 bits per heavy atom. The number of hydrogen-bond acceptors (Lipinski definition) is 3. The lowest BCUT2D eigenvalue weighted by atomic mass is 10.1. The second kappa shape index (κ2) is 8.57. The predicted octanol–water partition coefficient (Wildman–Crippen LogP) is 3.87. The molecule has 1 fully saturated rings. The van der Waals surface area contributed by atoms with Gasteiger partial charge >= 0.3 is 0 Å². The summed E-state index contributed by atoms with van der Waals surface area (Å²) in [5, 5.41) is -0.0268. The van der Waals surface area contributed by atoms with E-state index in [1.54, 1.807) is 22.7 Å². The van der Waals surface area contributed by atoms with Crippen LogP contribution in [0.1, 0.15) is 33.8 Å². The number of thioether (sulfide) groups is 1. The van der Waals surface area contributed by atoms with Gasteiger partial charge in [-0.3, -0.25) is 9.59 Å². The van der Waals surface area contributed by atoms with Crippen molar-refractivity contribution in [1.82, 2.24) is 9.80 Å². The van der Waals surface area contributed by atoms with E-state index in [1.807, 2.05) is 43.0 Å². The highest BCUT2D eigenvalue weighted by atomic mass is 32.2. The van der Waals surface area contributed by atoms with Crippen LogP contribution in [-0.4, -0.2) is 47.0 Å². The number of halogens is 1. The van der Waals surface area contributed by atoms with Gasteiger partial charge in [-0.1, -0.05) is 35.9 Å². The number of rotatable bonds is 6. The van der Waals surface area contributed by atoms with Gasteiger partial charge in [-0.05, 0) is 37.6 Å². The van der Waals surface area contributed by atoms with E-state index in [2.05, 4.69) is 0 Å². The average molecular weight is 386 g/mol. The van der Waals surface area contributed by atoms with E-state index < -0.39 is 5.82 Å². The molecule has 0 aliphatic carbocycles. The predicted molar refractivity (Wildman–Crippen MR) is 106 cm³/mol. The van der Waals surface area contributed by atoms with Crippen molar-refractivity contribution in [1.29, 1.82) is 0 Å². The molecular weight excluding hydrogens is 363 g/mol. The Morgan fingerprint density at radius 1 is 1.26 bits per heavy atom. The molecule has 0 N–H and O–H groups in total. The van der Waals surface area contributed by atoms with Crippen molar-refractivity contribution in [2.45, 2.75) is 19.2 Å². The molecule has 142 valence electrons. The minimum atomic E-state index is -0.428. The van der Waals surface area contributed by atoms with Gasteiger partial charge in [0.2, 0.25) is 5.91 Å². The molecule has 0 bridgehead atoms. The largest absolute Gasteiger partial charge is 0.337 e. The monoisotopic (exact) mass is 386 g/mol. The first-order valence-corrected chi connectivity index (χ1v) is 10.1. The maximum absolute atomic E-state index is 13.4. The fraction of sp³-hybridized carbons (Fsp3) is 0.333. The van der Waals surface area contributed by atoms with Gasteiger partial charge in [-0.25, -0.2) is 4.39 Å². The number of hydrogen-bond donors (Lipinski definition) is 0. The van der Waals surface area contributed by atoms with Crippen LogP contribution in [0.25, 0.3) is 0 Å². The minimum absolute atomic E-state index is 0.0268. The molecule has 2 aromatic carbocycles. The third kappa shape index (κ3) is 4.50. The van der Waals surface area contributed by atoms with Crippen molar-refractivity contribution in [2.75, 3.05) is 25.4 Å². The number of carbonyl (C=O) groups excluding carboxylic acids is 2. The van der Waals surface area contributed by atoms with E-state index in [9.17, 15) is 14.0 Å². The van der Waals surface area contributed by atoms with Gasteiger partial charge in [0.25, 0.3) is 5.91 Å². The van der Waals surface area contributed by atoms with E-state index in [-0.39, 0.29) is 17.2 Å². The summed E-state index contributed by atoms with van der Waals surface area (Å²) in [5.74, 6) is -0.117. The van der Waals surface area contributed by atoms with Crippen molar-refractivity contribution in [3.63, 3.8) is 0 Å². The van der Waals surface area contributed by atoms with E-state index in [4.69, 9.17) is 0 Å². The summed E-state index contributed by atoms with van der Waals surface area (Å²) >= 11 is 1.61. The molecule has 0 aromatic heterocycles.